The molecule has 0 aliphatic carbocycles. The molecule has 0 saturated carbocycles. The highest BCUT2D eigenvalue weighted by Gasteiger charge is 2.20. The van der Waals surface area contributed by atoms with Gasteiger partial charge in [-0.3, -0.25) is 9.58 Å². The maximum atomic E-state index is 4.65. The van der Waals surface area contributed by atoms with Crippen LogP contribution in [0.1, 0.15) is 45.3 Å². The van der Waals surface area contributed by atoms with Crippen LogP contribution in [0.4, 0.5) is 0 Å². The van der Waals surface area contributed by atoms with Gasteiger partial charge in [0.2, 0.25) is 0 Å². The van der Waals surface area contributed by atoms with E-state index in [1.807, 2.05) is 4.68 Å². The van der Waals surface area contributed by atoms with Gasteiger partial charge in [-0.15, -0.1) is 0 Å². The van der Waals surface area contributed by atoms with Crippen molar-refractivity contribution < 1.29 is 0 Å². The second-order valence-corrected chi connectivity index (χ2v) is 5.44. The molecule has 102 valence electrons. The largest absolute Gasteiger partial charge is 0.315 e. The van der Waals surface area contributed by atoms with Crippen LogP contribution in [-0.2, 0) is 6.54 Å². The summed E-state index contributed by atoms with van der Waals surface area (Å²) in [5, 5.41) is 8.14. The minimum atomic E-state index is 0.449. The van der Waals surface area contributed by atoms with Crippen molar-refractivity contribution in [2.45, 2.75) is 52.2 Å². The van der Waals surface area contributed by atoms with Gasteiger partial charge in [0, 0.05) is 31.4 Å². The van der Waals surface area contributed by atoms with E-state index in [4.69, 9.17) is 0 Å². The van der Waals surface area contributed by atoms with E-state index in [9.17, 15) is 0 Å². The summed E-state index contributed by atoms with van der Waals surface area (Å²) in [6.07, 6.45) is 4.69. The number of hydrogen-bond donors (Lipinski definition) is 1. The molecule has 0 bridgehead atoms. The molecule has 1 atom stereocenters. The Labute approximate surface area is 110 Å². The van der Waals surface area contributed by atoms with Crippen molar-refractivity contribution in [2.75, 3.05) is 19.6 Å². The zero-order valence-corrected chi connectivity index (χ0v) is 11.9. The Morgan fingerprint density at radius 2 is 2.39 bits per heavy atom. The Balaban J connectivity index is 1.95. The van der Waals surface area contributed by atoms with Crippen LogP contribution in [0.25, 0.3) is 0 Å². The lowest BCUT2D eigenvalue weighted by molar-refractivity contribution is 0.164. The second-order valence-electron chi connectivity index (χ2n) is 5.44. The molecular formula is C14H26N4. The fraction of sp³-hybridized carbons (Fsp3) is 0.786. The first-order valence-electron chi connectivity index (χ1n) is 7.19. The van der Waals surface area contributed by atoms with Gasteiger partial charge in [0.1, 0.15) is 0 Å². The van der Waals surface area contributed by atoms with E-state index in [-0.39, 0.29) is 0 Å². The molecule has 4 heteroatoms. The van der Waals surface area contributed by atoms with E-state index in [2.05, 4.69) is 48.3 Å². The van der Waals surface area contributed by atoms with Gasteiger partial charge < -0.3 is 5.32 Å². The predicted molar refractivity (Wildman–Crippen MR) is 74.6 cm³/mol. The van der Waals surface area contributed by atoms with Crippen molar-refractivity contribution in [3.8, 4) is 0 Å². The van der Waals surface area contributed by atoms with Crippen LogP contribution in [0.2, 0.25) is 0 Å². The van der Waals surface area contributed by atoms with Crippen molar-refractivity contribution >= 4 is 0 Å². The molecule has 1 unspecified atom stereocenters. The first kappa shape index (κ1) is 13.6. The maximum Gasteiger partial charge on any atom is 0.0765 e. The molecule has 2 rings (SSSR count). The molecule has 0 radical (unpaired) electrons. The van der Waals surface area contributed by atoms with Crippen LogP contribution in [0, 0.1) is 0 Å². The van der Waals surface area contributed by atoms with Gasteiger partial charge in [-0.2, -0.15) is 5.10 Å². The van der Waals surface area contributed by atoms with Crippen LogP contribution in [0.5, 0.6) is 0 Å². The minimum absolute atomic E-state index is 0.449. The van der Waals surface area contributed by atoms with E-state index in [1.165, 1.54) is 25.1 Å². The number of hydrogen-bond acceptors (Lipinski definition) is 3. The van der Waals surface area contributed by atoms with Crippen molar-refractivity contribution in [3.05, 3.63) is 18.0 Å². The number of rotatable bonds is 5. The average Bonchev–Trinajstić information content (AvgIpc) is 2.86. The molecule has 1 saturated heterocycles. The second kappa shape index (κ2) is 6.34. The Bertz CT molecular complexity index is 352. The Morgan fingerprint density at radius 1 is 1.56 bits per heavy atom. The molecule has 1 aromatic rings. The Hall–Kier alpha value is -0.870. The topological polar surface area (TPSA) is 33.1 Å². The van der Waals surface area contributed by atoms with Crippen molar-refractivity contribution in [3.63, 3.8) is 0 Å². The summed E-state index contributed by atoms with van der Waals surface area (Å²) in [6, 6.07) is 3.27. The molecule has 1 N–H and O–H groups in total. The molecule has 4 nitrogen and oxygen atoms in total. The average molecular weight is 250 g/mol. The van der Waals surface area contributed by atoms with Gasteiger partial charge in [0.05, 0.1) is 5.69 Å². The third-order valence-corrected chi connectivity index (χ3v) is 3.75. The third-order valence-electron chi connectivity index (χ3n) is 3.75. The number of nitrogens with zero attached hydrogens (tertiary/aromatic N) is 3. The Kier molecular flexibility index (Phi) is 4.78. The summed E-state index contributed by atoms with van der Waals surface area (Å²) in [7, 11) is 0. The fourth-order valence-electron chi connectivity index (χ4n) is 2.60. The summed E-state index contributed by atoms with van der Waals surface area (Å²) in [5.74, 6) is 0. The van der Waals surface area contributed by atoms with Gasteiger partial charge in [-0.1, -0.05) is 6.92 Å². The number of nitrogens with one attached hydrogen (secondary N) is 1. The summed E-state index contributed by atoms with van der Waals surface area (Å²) in [6.45, 7) is 10.9. The van der Waals surface area contributed by atoms with Gasteiger partial charge in [0.15, 0.2) is 0 Å². The van der Waals surface area contributed by atoms with Crippen molar-refractivity contribution in [2.24, 2.45) is 0 Å². The summed E-state index contributed by atoms with van der Waals surface area (Å²) in [5.41, 5.74) is 1.19. The molecule has 0 amide bonds. The summed E-state index contributed by atoms with van der Waals surface area (Å²) in [4.78, 5) is 2.54. The van der Waals surface area contributed by atoms with E-state index in [0.717, 1.165) is 19.6 Å². The minimum Gasteiger partial charge on any atom is -0.315 e. The van der Waals surface area contributed by atoms with Crippen molar-refractivity contribution in [1.29, 1.82) is 0 Å². The lowest BCUT2D eigenvalue weighted by Gasteiger charge is -2.33. The molecule has 2 heterocycles. The highest BCUT2D eigenvalue weighted by molar-refractivity contribution is 5.00. The van der Waals surface area contributed by atoms with Crippen LogP contribution < -0.4 is 5.32 Å². The van der Waals surface area contributed by atoms with Gasteiger partial charge >= 0.3 is 0 Å². The molecule has 18 heavy (non-hydrogen) atoms. The van der Waals surface area contributed by atoms with E-state index in [1.54, 1.807) is 0 Å². The normalized spacial score (nSPS) is 20.8. The quantitative estimate of drug-likeness (QED) is 0.868. The number of likely N-dealkylation sites (N-methyl/N-ethyl adjacent to an activating group) is 1. The van der Waals surface area contributed by atoms with Crippen LogP contribution in [-0.4, -0.2) is 40.4 Å². The molecule has 1 aliphatic rings. The first-order valence-corrected chi connectivity index (χ1v) is 7.19. The van der Waals surface area contributed by atoms with Crippen LogP contribution >= 0.6 is 0 Å². The molecule has 0 aromatic carbocycles. The van der Waals surface area contributed by atoms with E-state index < -0.39 is 0 Å². The number of aromatic nitrogens is 2. The summed E-state index contributed by atoms with van der Waals surface area (Å²) >= 11 is 0. The summed E-state index contributed by atoms with van der Waals surface area (Å²) < 4.78 is 2.04. The number of piperidine rings is 1. The van der Waals surface area contributed by atoms with Gasteiger partial charge in [-0.05, 0) is 45.8 Å². The van der Waals surface area contributed by atoms with E-state index >= 15 is 0 Å². The molecule has 1 fully saturated rings. The smallest absolute Gasteiger partial charge is 0.0765 e. The fourth-order valence-corrected chi connectivity index (χ4v) is 2.60. The standard InChI is InChI=1S/C14H26N4/c1-4-17(14-6-5-8-15-10-14)11-13-7-9-18(16-13)12(2)3/h7,9,12,14-15H,4-6,8,10-11H2,1-3H3. The van der Waals surface area contributed by atoms with E-state index in [0.29, 0.717) is 12.1 Å². The van der Waals surface area contributed by atoms with Gasteiger partial charge in [-0.25, -0.2) is 0 Å². The predicted octanol–water partition coefficient (Wildman–Crippen LogP) is 2.04. The maximum absolute atomic E-state index is 4.65. The van der Waals surface area contributed by atoms with Gasteiger partial charge in [0.25, 0.3) is 0 Å². The van der Waals surface area contributed by atoms with Crippen LogP contribution in [0.3, 0.4) is 0 Å². The highest BCUT2D eigenvalue weighted by atomic mass is 15.3. The van der Waals surface area contributed by atoms with Crippen LogP contribution in [0.15, 0.2) is 12.3 Å². The molecule has 0 spiro atoms. The SMILES string of the molecule is CCN(Cc1ccn(C(C)C)n1)C1CCCNC1. The Morgan fingerprint density at radius 3 is 2.94 bits per heavy atom. The molecule has 1 aromatic heterocycles. The zero-order chi connectivity index (χ0) is 13.0. The first-order chi connectivity index (χ1) is 8.70. The third kappa shape index (κ3) is 3.33. The molecular weight excluding hydrogens is 224 g/mol. The highest BCUT2D eigenvalue weighted by Crippen LogP contribution is 2.14. The zero-order valence-electron chi connectivity index (χ0n) is 11.9. The lowest BCUT2D eigenvalue weighted by Crippen LogP contribution is -2.45. The monoisotopic (exact) mass is 250 g/mol. The lowest BCUT2D eigenvalue weighted by atomic mass is 10.1. The molecule has 1 aliphatic heterocycles. The van der Waals surface area contributed by atoms with Crippen molar-refractivity contribution in [1.82, 2.24) is 20.0 Å².